The van der Waals surface area contributed by atoms with Crippen molar-refractivity contribution in [2.45, 2.75) is 79.3 Å². The highest BCUT2D eigenvalue weighted by atomic mass is 15.1. The summed E-state index contributed by atoms with van der Waals surface area (Å²) in [4.78, 5) is 0. The van der Waals surface area contributed by atoms with Crippen LogP contribution in [0.5, 0.6) is 0 Å². The molecule has 0 aliphatic rings. The first-order chi connectivity index (χ1) is 16.9. The monoisotopic (exact) mass is 480 g/mol. The maximum absolute atomic E-state index is 2.48. The fourth-order valence-corrected chi connectivity index (χ4v) is 6.37. The lowest BCUT2D eigenvalue weighted by Crippen LogP contribution is -2.26. The van der Waals surface area contributed by atoms with Gasteiger partial charge in [-0.25, -0.2) is 18.3 Å². The summed E-state index contributed by atoms with van der Waals surface area (Å²) in [5, 5.41) is 8.31. The van der Waals surface area contributed by atoms with Crippen LogP contribution in [0.3, 0.4) is 0 Å². The number of rotatable bonds is 2. The van der Waals surface area contributed by atoms with Gasteiger partial charge >= 0.3 is 0 Å². The molecule has 0 saturated carbocycles. The molecule has 4 nitrogen and oxygen atoms in total. The molecule has 2 aromatic heterocycles. The molecule has 0 bridgehead atoms. The van der Waals surface area contributed by atoms with Gasteiger partial charge in [-0.3, -0.25) is 0 Å². The number of hydrogen-bond acceptors (Lipinski definition) is 0. The van der Waals surface area contributed by atoms with Crippen molar-refractivity contribution in [3.05, 3.63) is 48.0 Å². The summed E-state index contributed by atoms with van der Waals surface area (Å²) in [6.07, 6.45) is 4.57. The van der Waals surface area contributed by atoms with Gasteiger partial charge in [0.05, 0.1) is 27.2 Å². The Morgan fingerprint density at radius 2 is 0.917 bits per heavy atom. The molecule has 0 amide bonds. The lowest BCUT2D eigenvalue weighted by atomic mass is 9.80. The van der Waals surface area contributed by atoms with E-state index in [9.17, 15) is 0 Å². The molecule has 36 heavy (non-hydrogen) atoms. The molecule has 0 aliphatic heterocycles. The lowest BCUT2D eigenvalue weighted by molar-refractivity contribution is -0.645. The van der Waals surface area contributed by atoms with Crippen LogP contribution in [-0.2, 0) is 38.0 Å². The Morgan fingerprint density at radius 1 is 0.583 bits per heavy atom. The maximum Gasteiger partial charge on any atom is 0.244 e. The number of aryl methyl sites for hydroxylation is 4. The van der Waals surface area contributed by atoms with Gasteiger partial charge in [0.25, 0.3) is 0 Å². The summed E-state index contributed by atoms with van der Waals surface area (Å²) in [6.45, 7) is 20.4. The van der Waals surface area contributed by atoms with E-state index in [0.717, 1.165) is 13.1 Å². The zero-order valence-corrected chi connectivity index (χ0v) is 23.7. The van der Waals surface area contributed by atoms with Crippen molar-refractivity contribution >= 4 is 54.4 Å². The van der Waals surface area contributed by atoms with Crippen molar-refractivity contribution < 1.29 is 9.13 Å². The zero-order valence-electron chi connectivity index (χ0n) is 23.7. The van der Waals surface area contributed by atoms with Gasteiger partial charge in [-0.05, 0) is 60.1 Å². The van der Waals surface area contributed by atoms with E-state index in [0.29, 0.717) is 0 Å². The summed E-state index contributed by atoms with van der Waals surface area (Å²) >= 11 is 0. The number of benzene rings is 4. The van der Waals surface area contributed by atoms with Gasteiger partial charge in [-0.2, -0.15) is 0 Å². The Morgan fingerprint density at radius 3 is 1.25 bits per heavy atom. The second-order valence-electron chi connectivity index (χ2n) is 12.8. The summed E-state index contributed by atoms with van der Waals surface area (Å²) in [7, 11) is 4.42. The smallest absolute Gasteiger partial charge is 0.232 e. The maximum atomic E-state index is 2.48. The normalized spacial score (nSPS) is 13.5. The van der Waals surface area contributed by atoms with Gasteiger partial charge < -0.3 is 0 Å². The van der Waals surface area contributed by atoms with Gasteiger partial charge in [0.2, 0.25) is 12.7 Å². The Hall–Kier alpha value is -3.14. The van der Waals surface area contributed by atoms with Crippen LogP contribution in [0, 0.1) is 0 Å². The number of imidazole rings is 2. The predicted molar refractivity (Wildman–Crippen MR) is 152 cm³/mol. The van der Waals surface area contributed by atoms with Gasteiger partial charge in [-0.15, -0.1) is 0 Å². The summed E-state index contributed by atoms with van der Waals surface area (Å²) in [5.74, 6) is 0. The van der Waals surface area contributed by atoms with Crippen LogP contribution in [0.4, 0.5) is 0 Å². The summed E-state index contributed by atoms with van der Waals surface area (Å²) < 4.78 is 9.58. The van der Waals surface area contributed by atoms with Crippen LogP contribution in [0.1, 0.15) is 66.5 Å². The molecular formula is C32H40N4+2. The van der Waals surface area contributed by atoms with E-state index < -0.39 is 0 Å². The molecule has 0 saturated heterocycles. The minimum absolute atomic E-state index is 0.0557. The van der Waals surface area contributed by atoms with Gasteiger partial charge in [0.15, 0.2) is 22.1 Å². The Kier molecular flexibility index (Phi) is 4.66. The van der Waals surface area contributed by atoms with Crippen LogP contribution < -0.4 is 9.13 Å². The van der Waals surface area contributed by atoms with Crippen LogP contribution >= 0.6 is 0 Å². The first-order valence-corrected chi connectivity index (χ1v) is 13.4. The van der Waals surface area contributed by atoms with Crippen molar-refractivity contribution in [3.8, 4) is 0 Å². The number of nitrogens with zero attached hydrogens (tertiary/aromatic N) is 4. The minimum Gasteiger partial charge on any atom is -0.232 e. The fourth-order valence-electron chi connectivity index (χ4n) is 6.37. The number of fused-ring (bicyclic) bond motifs is 6. The Labute approximate surface area is 214 Å². The van der Waals surface area contributed by atoms with Gasteiger partial charge in [0, 0.05) is 32.3 Å². The first kappa shape index (κ1) is 23.3. The standard InChI is InChI=1S/C32H40N4/c1-11-35-17-33(9)27-21-13-19(31(3,4)5)14-22-25(21)26-23(29(27)35)15-20(32(6,7)8)16-24(26)30-28(22)34(10)18-36(30)12-2/h13-18H,11-12H2,1-10H3/q+2. The third-order valence-electron chi connectivity index (χ3n) is 8.31. The Balaban J connectivity index is 2.07. The largest absolute Gasteiger partial charge is 0.244 e. The average Bonchev–Trinajstić information content (AvgIpc) is 3.33. The van der Waals surface area contributed by atoms with Crippen LogP contribution in [0.15, 0.2) is 36.9 Å². The Bertz CT molecular complexity index is 1720. The molecule has 0 radical (unpaired) electrons. The molecule has 2 heterocycles. The lowest BCUT2D eigenvalue weighted by Gasteiger charge is -2.23. The molecule has 6 rings (SSSR count). The van der Waals surface area contributed by atoms with Crippen molar-refractivity contribution in [2.24, 2.45) is 14.1 Å². The molecule has 4 heteroatoms. The highest BCUT2D eigenvalue weighted by molar-refractivity contribution is 6.37. The second kappa shape index (κ2) is 7.21. The van der Waals surface area contributed by atoms with Crippen molar-refractivity contribution in [1.82, 2.24) is 9.13 Å². The molecule has 0 atom stereocenters. The highest BCUT2D eigenvalue weighted by Gasteiger charge is 2.31. The van der Waals surface area contributed by atoms with E-state index in [1.165, 1.54) is 65.5 Å². The molecule has 186 valence electrons. The van der Waals surface area contributed by atoms with Crippen LogP contribution in [0.2, 0.25) is 0 Å². The van der Waals surface area contributed by atoms with E-state index in [4.69, 9.17) is 0 Å². The SMILES string of the molecule is CCn1c[n+](C)c2c3cc(C(C)(C)C)cc4c3c3c(cc(C(C)(C)C)cc3c3c4[n+](C)cn3CC)c21. The zero-order chi connectivity index (χ0) is 25.9. The third-order valence-corrected chi connectivity index (χ3v) is 8.31. The molecule has 0 N–H and O–H groups in total. The molecule has 4 aromatic carbocycles. The van der Waals surface area contributed by atoms with Crippen LogP contribution in [0.25, 0.3) is 54.4 Å². The molecule has 0 spiro atoms. The number of hydrogen-bond donors (Lipinski definition) is 0. The van der Waals surface area contributed by atoms with E-state index in [2.05, 4.69) is 125 Å². The van der Waals surface area contributed by atoms with Gasteiger partial charge in [0.1, 0.15) is 0 Å². The van der Waals surface area contributed by atoms with E-state index in [1.54, 1.807) is 0 Å². The first-order valence-electron chi connectivity index (χ1n) is 13.4. The summed E-state index contributed by atoms with van der Waals surface area (Å²) in [6, 6.07) is 9.92. The van der Waals surface area contributed by atoms with Crippen molar-refractivity contribution in [3.63, 3.8) is 0 Å². The quantitative estimate of drug-likeness (QED) is 0.192. The molecule has 0 unspecified atom stereocenters. The molecule has 0 aliphatic carbocycles. The van der Waals surface area contributed by atoms with Crippen LogP contribution in [-0.4, -0.2) is 9.13 Å². The number of aromatic nitrogens is 4. The second-order valence-corrected chi connectivity index (χ2v) is 12.8. The minimum atomic E-state index is 0.0557. The highest BCUT2D eigenvalue weighted by Crippen LogP contribution is 2.46. The molecule has 0 fully saturated rings. The van der Waals surface area contributed by atoms with E-state index in [1.807, 2.05) is 0 Å². The topological polar surface area (TPSA) is 17.6 Å². The van der Waals surface area contributed by atoms with Gasteiger partial charge in [-0.1, -0.05) is 41.5 Å². The molecule has 6 aromatic rings. The van der Waals surface area contributed by atoms with E-state index >= 15 is 0 Å². The van der Waals surface area contributed by atoms with E-state index in [-0.39, 0.29) is 10.8 Å². The van der Waals surface area contributed by atoms with Crippen molar-refractivity contribution in [2.75, 3.05) is 0 Å². The molecular weight excluding hydrogens is 440 g/mol. The predicted octanol–water partition coefficient (Wildman–Crippen LogP) is 6.78. The van der Waals surface area contributed by atoms with Crippen molar-refractivity contribution in [1.29, 1.82) is 0 Å². The summed E-state index contributed by atoms with van der Waals surface area (Å²) in [5.41, 5.74) is 8.28. The fraction of sp³-hybridized carbons (Fsp3) is 0.438. The average molecular weight is 481 g/mol. The third kappa shape index (κ3) is 2.93.